The summed E-state index contributed by atoms with van der Waals surface area (Å²) in [5.74, 6) is -0.351. The van der Waals surface area contributed by atoms with Gasteiger partial charge in [-0.15, -0.1) is 0 Å². The summed E-state index contributed by atoms with van der Waals surface area (Å²) in [6.07, 6.45) is 1.73. The highest BCUT2D eigenvalue weighted by Crippen LogP contribution is 1.95. The third-order valence-corrected chi connectivity index (χ3v) is 1.93. The minimum atomic E-state index is -0.351. The van der Waals surface area contributed by atoms with E-state index < -0.39 is 0 Å². The van der Waals surface area contributed by atoms with E-state index in [4.69, 9.17) is 4.74 Å². The van der Waals surface area contributed by atoms with E-state index in [9.17, 15) is 4.79 Å². The van der Waals surface area contributed by atoms with Crippen LogP contribution in [-0.2, 0) is 16.1 Å². The standard InChI is InChI=1S/C12H16N2O2/c1-3-16-12(15)10(2)8-13-9-11-6-4-5-7-14-11/h4-7,13H,2-3,8-9H2,1H3. The fourth-order valence-corrected chi connectivity index (χ4v) is 1.15. The predicted octanol–water partition coefficient (Wildman–Crippen LogP) is 1.29. The molecule has 0 fully saturated rings. The largest absolute Gasteiger partial charge is 0.463 e. The summed E-state index contributed by atoms with van der Waals surface area (Å²) >= 11 is 0. The normalized spacial score (nSPS) is 9.81. The zero-order chi connectivity index (χ0) is 11.8. The van der Waals surface area contributed by atoms with Gasteiger partial charge in [0, 0.05) is 24.9 Å². The Morgan fingerprint density at radius 3 is 3.00 bits per heavy atom. The van der Waals surface area contributed by atoms with Crippen LogP contribution in [0, 0.1) is 0 Å². The lowest BCUT2D eigenvalue weighted by atomic mass is 10.3. The van der Waals surface area contributed by atoms with Gasteiger partial charge >= 0.3 is 5.97 Å². The molecule has 0 spiro atoms. The summed E-state index contributed by atoms with van der Waals surface area (Å²) in [7, 11) is 0. The van der Waals surface area contributed by atoms with Crippen molar-refractivity contribution < 1.29 is 9.53 Å². The second-order valence-corrected chi connectivity index (χ2v) is 3.25. The van der Waals surface area contributed by atoms with Crippen molar-refractivity contribution in [2.45, 2.75) is 13.5 Å². The molecule has 4 heteroatoms. The maximum Gasteiger partial charge on any atom is 0.334 e. The second-order valence-electron chi connectivity index (χ2n) is 3.25. The molecule has 0 aromatic carbocycles. The van der Waals surface area contributed by atoms with Crippen molar-refractivity contribution in [1.29, 1.82) is 0 Å². The van der Waals surface area contributed by atoms with Crippen LogP contribution in [0.4, 0.5) is 0 Å². The molecule has 0 atom stereocenters. The topological polar surface area (TPSA) is 51.2 Å². The molecule has 1 N–H and O–H groups in total. The van der Waals surface area contributed by atoms with E-state index in [2.05, 4.69) is 16.9 Å². The van der Waals surface area contributed by atoms with Crippen LogP contribution < -0.4 is 5.32 Å². The Hall–Kier alpha value is -1.68. The number of aromatic nitrogens is 1. The molecule has 0 bridgehead atoms. The van der Waals surface area contributed by atoms with Gasteiger partial charge in [0.2, 0.25) is 0 Å². The van der Waals surface area contributed by atoms with Gasteiger partial charge in [0.1, 0.15) is 0 Å². The van der Waals surface area contributed by atoms with Gasteiger partial charge in [-0.25, -0.2) is 4.79 Å². The molecule has 1 aromatic rings. The van der Waals surface area contributed by atoms with Gasteiger partial charge in [0.05, 0.1) is 12.3 Å². The Morgan fingerprint density at radius 2 is 2.38 bits per heavy atom. The number of nitrogens with one attached hydrogen (secondary N) is 1. The van der Waals surface area contributed by atoms with Crippen LogP contribution in [-0.4, -0.2) is 24.1 Å². The predicted molar refractivity (Wildman–Crippen MR) is 61.7 cm³/mol. The molecule has 0 aliphatic heterocycles. The molecular formula is C12H16N2O2. The molecule has 1 heterocycles. The van der Waals surface area contributed by atoms with Crippen LogP contribution >= 0.6 is 0 Å². The van der Waals surface area contributed by atoms with Crippen molar-refractivity contribution in [3.63, 3.8) is 0 Å². The third-order valence-electron chi connectivity index (χ3n) is 1.93. The van der Waals surface area contributed by atoms with E-state index in [1.54, 1.807) is 13.1 Å². The molecular weight excluding hydrogens is 204 g/mol. The average Bonchev–Trinajstić information content (AvgIpc) is 2.30. The Labute approximate surface area is 95.3 Å². The van der Waals surface area contributed by atoms with Gasteiger partial charge < -0.3 is 10.1 Å². The van der Waals surface area contributed by atoms with Crippen molar-refractivity contribution in [1.82, 2.24) is 10.3 Å². The lowest BCUT2D eigenvalue weighted by Gasteiger charge is -2.06. The zero-order valence-corrected chi connectivity index (χ0v) is 9.40. The van der Waals surface area contributed by atoms with E-state index >= 15 is 0 Å². The van der Waals surface area contributed by atoms with Crippen LogP contribution in [0.2, 0.25) is 0 Å². The van der Waals surface area contributed by atoms with Crippen molar-refractivity contribution in [2.24, 2.45) is 0 Å². The van der Waals surface area contributed by atoms with Gasteiger partial charge in [-0.2, -0.15) is 0 Å². The fourth-order valence-electron chi connectivity index (χ4n) is 1.15. The zero-order valence-electron chi connectivity index (χ0n) is 9.40. The number of nitrogens with zero attached hydrogens (tertiary/aromatic N) is 1. The molecule has 0 saturated carbocycles. The summed E-state index contributed by atoms with van der Waals surface area (Å²) < 4.78 is 4.81. The van der Waals surface area contributed by atoms with E-state index in [-0.39, 0.29) is 5.97 Å². The molecule has 0 aliphatic carbocycles. The molecule has 1 rings (SSSR count). The first-order valence-electron chi connectivity index (χ1n) is 5.19. The van der Waals surface area contributed by atoms with Crippen LogP contribution in [0.5, 0.6) is 0 Å². The molecule has 1 aromatic heterocycles. The van der Waals surface area contributed by atoms with Crippen molar-refractivity contribution in [3.8, 4) is 0 Å². The monoisotopic (exact) mass is 220 g/mol. The Morgan fingerprint density at radius 1 is 1.56 bits per heavy atom. The van der Waals surface area contributed by atoms with E-state index in [0.29, 0.717) is 25.3 Å². The molecule has 0 radical (unpaired) electrons. The lowest BCUT2D eigenvalue weighted by molar-refractivity contribution is -0.138. The Kier molecular flexibility index (Phi) is 5.22. The number of carbonyl (C=O) groups excluding carboxylic acids is 1. The Bertz CT molecular complexity index is 349. The Balaban J connectivity index is 2.26. The molecule has 0 amide bonds. The van der Waals surface area contributed by atoms with Crippen molar-refractivity contribution in [3.05, 3.63) is 42.2 Å². The molecule has 4 nitrogen and oxygen atoms in total. The smallest absolute Gasteiger partial charge is 0.334 e. The van der Waals surface area contributed by atoms with Gasteiger partial charge in [-0.1, -0.05) is 12.6 Å². The number of ether oxygens (including phenoxy) is 1. The molecule has 0 aliphatic rings. The molecule has 16 heavy (non-hydrogen) atoms. The SMILES string of the molecule is C=C(CNCc1ccccn1)C(=O)OCC. The minimum Gasteiger partial charge on any atom is -0.463 e. The summed E-state index contributed by atoms with van der Waals surface area (Å²) in [6.45, 7) is 6.81. The maximum absolute atomic E-state index is 11.2. The number of pyridine rings is 1. The number of carbonyl (C=O) groups is 1. The van der Waals surface area contributed by atoms with Crippen molar-refractivity contribution >= 4 is 5.97 Å². The van der Waals surface area contributed by atoms with E-state index in [1.807, 2.05) is 18.2 Å². The molecule has 0 unspecified atom stereocenters. The number of hydrogen-bond donors (Lipinski definition) is 1. The van der Waals surface area contributed by atoms with Crippen LogP contribution in [0.3, 0.4) is 0 Å². The molecule has 86 valence electrons. The lowest BCUT2D eigenvalue weighted by Crippen LogP contribution is -2.21. The van der Waals surface area contributed by atoms with Gasteiger partial charge in [-0.05, 0) is 19.1 Å². The number of esters is 1. The maximum atomic E-state index is 11.2. The summed E-state index contributed by atoms with van der Waals surface area (Å²) in [5, 5.41) is 3.08. The first kappa shape index (κ1) is 12.4. The summed E-state index contributed by atoms with van der Waals surface area (Å²) in [6, 6.07) is 5.70. The highest BCUT2D eigenvalue weighted by molar-refractivity contribution is 5.88. The second kappa shape index (κ2) is 6.74. The van der Waals surface area contributed by atoms with Crippen molar-refractivity contribution in [2.75, 3.05) is 13.2 Å². The number of hydrogen-bond acceptors (Lipinski definition) is 4. The van der Waals surface area contributed by atoms with Gasteiger partial charge in [-0.3, -0.25) is 4.98 Å². The fraction of sp³-hybridized carbons (Fsp3) is 0.333. The van der Waals surface area contributed by atoms with Crippen LogP contribution in [0.15, 0.2) is 36.5 Å². The third kappa shape index (κ3) is 4.23. The first-order chi connectivity index (χ1) is 7.74. The quantitative estimate of drug-likeness (QED) is 0.580. The minimum absolute atomic E-state index is 0.351. The highest BCUT2D eigenvalue weighted by atomic mass is 16.5. The number of rotatable bonds is 6. The van der Waals surface area contributed by atoms with E-state index in [1.165, 1.54) is 0 Å². The molecule has 0 saturated heterocycles. The van der Waals surface area contributed by atoms with Crippen LogP contribution in [0.25, 0.3) is 0 Å². The highest BCUT2D eigenvalue weighted by Gasteiger charge is 2.06. The van der Waals surface area contributed by atoms with Gasteiger partial charge in [0.15, 0.2) is 0 Å². The summed E-state index contributed by atoms with van der Waals surface area (Å²) in [5.41, 5.74) is 1.36. The first-order valence-corrected chi connectivity index (χ1v) is 5.19. The van der Waals surface area contributed by atoms with Crippen LogP contribution in [0.1, 0.15) is 12.6 Å². The van der Waals surface area contributed by atoms with Gasteiger partial charge in [0.25, 0.3) is 0 Å². The summed E-state index contributed by atoms with van der Waals surface area (Å²) in [4.78, 5) is 15.4. The average molecular weight is 220 g/mol. The van der Waals surface area contributed by atoms with E-state index in [0.717, 1.165) is 5.69 Å².